The molecule has 0 saturated heterocycles. The maximum absolute atomic E-state index is 12.5. The molecule has 4 rings (SSSR count). The predicted octanol–water partition coefficient (Wildman–Crippen LogP) is 5.89. The van der Waals surface area contributed by atoms with Crippen molar-refractivity contribution in [3.63, 3.8) is 0 Å². The lowest BCUT2D eigenvalue weighted by Gasteiger charge is -2.31. The number of hydrogen-bond donors (Lipinski definition) is 3. The Labute approximate surface area is 253 Å². The molecule has 11 heteroatoms. The fourth-order valence-electron chi connectivity index (χ4n) is 5.09. The monoisotopic (exact) mass is 588 g/mol. The molecule has 43 heavy (non-hydrogen) atoms. The number of unbranched alkanes of at least 4 members (excludes halogenated alkanes) is 2. The first-order valence-corrected chi connectivity index (χ1v) is 14.8. The second-order valence-corrected chi connectivity index (χ2v) is 12.1. The van der Waals surface area contributed by atoms with Crippen LogP contribution in [-0.2, 0) is 24.2 Å². The molecule has 0 fully saturated rings. The van der Waals surface area contributed by atoms with Gasteiger partial charge in [-0.2, -0.15) is 5.10 Å². The molecule has 1 aliphatic rings. The zero-order valence-corrected chi connectivity index (χ0v) is 26.2. The third kappa shape index (κ3) is 7.71. The van der Waals surface area contributed by atoms with Crippen LogP contribution in [0.3, 0.4) is 0 Å². The van der Waals surface area contributed by atoms with Crippen LogP contribution < -0.4 is 4.90 Å². The molecule has 1 amide bonds. The standard InChI is InChI=1S/C32H44N8O3/c1-7-8-9-13-40(30(34)37(6)22(2)33)29-16-27(36-28(29)21-41)26-17-35-39(20-26)18-23-10-11-25-19-38(14-12-24(25)15-23)31(42)43-32(3,4)5/h10-11,15-17,20-21,33-34,36H,7-9,12-14,18-19H2,1-6H3. The molecule has 0 aliphatic carbocycles. The highest BCUT2D eigenvalue weighted by molar-refractivity contribution is 6.06. The summed E-state index contributed by atoms with van der Waals surface area (Å²) in [7, 11) is 1.69. The van der Waals surface area contributed by atoms with Gasteiger partial charge in [0.05, 0.1) is 30.0 Å². The molecule has 0 saturated carbocycles. The number of benzene rings is 1. The SMILES string of the molecule is CCCCCN(C(=N)N(C)C(C)=N)c1cc(-c2cnn(Cc3ccc4c(c3)CCN(C(=O)OC(C)(C)C)C4)c2)[nH]c1C=O. The molecule has 0 unspecified atom stereocenters. The van der Waals surface area contributed by atoms with Crippen molar-refractivity contribution in [2.45, 2.75) is 79.0 Å². The number of ether oxygens (including phenoxy) is 1. The summed E-state index contributed by atoms with van der Waals surface area (Å²) in [4.78, 5) is 32.9. The van der Waals surface area contributed by atoms with Crippen molar-refractivity contribution in [2.24, 2.45) is 0 Å². The van der Waals surface area contributed by atoms with Crippen molar-refractivity contribution in [2.75, 3.05) is 25.0 Å². The molecule has 0 spiro atoms. The first-order chi connectivity index (χ1) is 20.4. The lowest BCUT2D eigenvalue weighted by molar-refractivity contribution is 0.0224. The van der Waals surface area contributed by atoms with Crippen molar-refractivity contribution in [3.8, 4) is 11.3 Å². The van der Waals surface area contributed by atoms with Crippen molar-refractivity contribution in [1.29, 1.82) is 10.8 Å². The van der Waals surface area contributed by atoms with Gasteiger partial charge in [-0.1, -0.05) is 38.0 Å². The van der Waals surface area contributed by atoms with Crippen LogP contribution in [0.15, 0.2) is 36.7 Å². The number of carbonyl (C=O) groups is 2. The summed E-state index contributed by atoms with van der Waals surface area (Å²) < 4.78 is 7.41. The lowest BCUT2D eigenvalue weighted by atomic mass is 9.97. The number of carbonyl (C=O) groups excluding carboxylic acids is 2. The number of hydrogen-bond acceptors (Lipinski definition) is 6. The van der Waals surface area contributed by atoms with Gasteiger partial charge >= 0.3 is 6.09 Å². The summed E-state index contributed by atoms with van der Waals surface area (Å²) in [6.45, 7) is 11.7. The van der Waals surface area contributed by atoms with Gasteiger partial charge in [-0.25, -0.2) is 4.79 Å². The van der Waals surface area contributed by atoms with E-state index in [0.29, 0.717) is 37.6 Å². The molecule has 11 nitrogen and oxygen atoms in total. The molecule has 3 N–H and O–H groups in total. The fourth-order valence-corrected chi connectivity index (χ4v) is 5.09. The van der Waals surface area contributed by atoms with Gasteiger partial charge in [-0.3, -0.25) is 20.3 Å². The zero-order chi connectivity index (χ0) is 31.3. The van der Waals surface area contributed by atoms with E-state index in [1.54, 1.807) is 30.0 Å². The van der Waals surface area contributed by atoms with E-state index >= 15 is 0 Å². The Bertz CT molecular complexity index is 1480. The van der Waals surface area contributed by atoms with Gasteiger partial charge in [-0.15, -0.1) is 0 Å². The second-order valence-electron chi connectivity index (χ2n) is 12.1. The minimum atomic E-state index is -0.520. The summed E-state index contributed by atoms with van der Waals surface area (Å²) in [5, 5.41) is 21.3. The summed E-state index contributed by atoms with van der Waals surface area (Å²) in [6, 6.07) is 8.21. The molecule has 0 bridgehead atoms. The highest BCUT2D eigenvalue weighted by Gasteiger charge is 2.26. The van der Waals surface area contributed by atoms with Crippen molar-refractivity contribution >= 4 is 29.9 Å². The van der Waals surface area contributed by atoms with Crippen molar-refractivity contribution in [3.05, 3.63) is 59.0 Å². The number of nitrogens with zero attached hydrogens (tertiary/aromatic N) is 5. The Kier molecular flexibility index (Phi) is 9.73. The summed E-state index contributed by atoms with van der Waals surface area (Å²) in [5.74, 6) is 0.396. The molecule has 0 radical (unpaired) electrons. The number of fused-ring (bicyclic) bond motifs is 1. The number of guanidine groups is 1. The van der Waals surface area contributed by atoms with E-state index in [1.165, 1.54) is 10.5 Å². The van der Waals surface area contributed by atoms with Crippen LogP contribution in [0.5, 0.6) is 0 Å². The Morgan fingerprint density at radius 3 is 2.63 bits per heavy atom. The Morgan fingerprint density at radius 1 is 1.19 bits per heavy atom. The van der Waals surface area contributed by atoms with Gasteiger partial charge in [0.15, 0.2) is 6.29 Å². The molecular formula is C32H44N8O3. The Hall–Kier alpha value is -4.41. The fraction of sp³-hybridized carbons (Fsp3) is 0.469. The van der Waals surface area contributed by atoms with Gasteiger partial charge in [0.1, 0.15) is 11.3 Å². The van der Waals surface area contributed by atoms with Crippen LogP contribution in [0.25, 0.3) is 11.3 Å². The van der Waals surface area contributed by atoms with Gasteiger partial charge in [0.2, 0.25) is 5.96 Å². The number of nitrogens with one attached hydrogen (secondary N) is 3. The number of anilines is 1. The van der Waals surface area contributed by atoms with Gasteiger partial charge in [-0.05, 0) is 63.3 Å². The van der Waals surface area contributed by atoms with Crippen LogP contribution in [0.2, 0.25) is 0 Å². The maximum atomic E-state index is 12.5. The number of aromatic nitrogens is 3. The van der Waals surface area contributed by atoms with E-state index in [9.17, 15) is 9.59 Å². The Morgan fingerprint density at radius 2 is 1.95 bits per heavy atom. The number of amides is 1. The maximum Gasteiger partial charge on any atom is 0.410 e. The molecule has 2 aromatic heterocycles. The highest BCUT2D eigenvalue weighted by Crippen LogP contribution is 2.29. The molecular weight excluding hydrogens is 544 g/mol. The van der Waals surface area contributed by atoms with E-state index in [4.69, 9.17) is 15.6 Å². The number of aldehydes is 1. The smallest absolute Gasteiger partial charge is 0.410 e. The van der Waals surface area contributed by atoms with E-state index in [0.717, 1.165) is 54.4 Å². The van der Waals surface area contributed by atoms with Gasteiger partial charge in [0, 0.05) is 38.4 Å². The second kappa shape index (κ2) is 13.3. The predicted molar refractivity (Wildman–Crippen MR) is 169 cm³/mol. The lowest BCUT2D eigenvalue weighted by Crippen LogP contribution is -2.44. The summed E-state index contributed by atoms with van der Waals surface area (Å²) >= 11 is 0. The molecule has 3 aromatic rings. The Balaban J connectivity index is 1.50. The minimum absolute atomic E-state index is 0.148. The minimum Gasteiger partial charge on any atom is -0.444 e. The number of rotatable bonds is 9. The third-order valence-corrected chi connectivity index (χ3v) is 7.52. The molecule has 1 aliphatic heterocycles. The highest BCUT2D eigenvalue weighted by atomic mass is 16.6. The average Bonchev–Trinajstić information content (AvgIpc) is 3.60. The van der Waals surface area contributed by atoms with E-state index in [1.807, 2.05) is 37.7 Å². The first-order valence-electron chi connectivity index (χ1n) is 14.8. The molecule has 3 heterocycles. The van der Waals surface area contributed by atoms with E-state index in [-0.39, 0.29) is 17.9 Å². The summed E-state index contributed by atoms with van der Waals surface area (Å²) in [6.07, 6.45) is 7.86. The van der Waals surface area contributed by atoms with E-state index in [2.05, 4.69) is 35.2 Å². The average molecular weight is 589 g/mol. The van der Waals surface area contributed by atoms with Crippen LogP contribution >= 0.6 is 0 Å². The van der Waals surface area contributed by atoms with Crippen LogP contribution in [0.1, 0.15) is 81.1 Å². The molecule has 1 aromatic carbocycles. The third-order valence-electron chi connectivity index (χ3n) is 7.52. The largest absolute Gasteiger partial charge is 0.444 e. The van der Waals surface area contributed by atoms with Crippen LogP contribution in [-0.4, -0.2) is 74.5 Å². The number of aromatic amines is 1. The van der Waals surface area contributed by atoms with E-state index < -0.39 is 5.60 Å². The first kappa shape index (κ1) is 31.5. The van der Waals surface area contributed by atoms with Gasteiger partial charge in [0.25, 0.3) is 0 Å². The van der Waals surface area contributed by atoms with Crippen LogP contribution in [0, 0.1) is 10.8 Å². The van der Waals surface area contributed by atoms with Gasteiger partial charge < -0.3 is 24.4 Å². The normalized spacial score (nSPS) is 12.9. The van der Waals surface area contributed by atoms with Crippen LogP contribution in [0.4, 0.5) is 10.5 Å². The van der Waals surface area contributed by atoms with Crippen molar-refractivity contribution in [1.82, 2.24) is 24.6 Å². The quantitative estimate of drug-likeness (QED) is 0.123. The summed E-state index contributed by atoms with van der Waals surface area (Å²) in [5.41, 5.74) is 5.51. The topological polar surface area (TPSA) is 134 Å². The zero-order valence-electron chi connectivity index (χ0n) is 26.2. The van der Waals surface area contributed by atoms with Crippen molar-refractivity contribution < 1.29 is 14.3 Å². The number of H-pyrrole nitrogens is 1. The molecule has 230 valence electrons. The molecule has 0 atom stereocenters. The number of amidine groups is 1.